The standard InChI is InChI=1S/C33H31ClFN5O3S/c1-5-19-12-15-29-40(19)26-14-13-20(16-28(26)44-29)43-27-11-7-10-25(35)22(27)17-36-32(42)38-39-18-23(31(37-39)33(2,3)4)21-8-6-9-24(34)30(21)41/h6-16,18,41H,5,17H2,1-4H3,(H2,36,38,42). The highest BCUT2D eigenvalue weighted by atomic mass is 35.5. The van der Waals surface area contributed by atoms with Gasteiger partial charge in [-0.3, -0.25) is 0 Å². The van der Waals surface area contributed by atoms with E-state index in [1.807, 2.05) is 39.0 Å². The molecule has 226 valence electrons. The summed E-state index contributed by atoms with van der Waals surface area (Å²) >= 11 is 7.81. The SMILES string of the molecule is CCc1ccc2sc3cc(Oc4cccc(F)c4CNC(=O)Nn4cc(-c5cccc(Cl)c5O)c(C(C)(C)C)n4)ccc3n12. The molecule has 6 rings (SSSR count). The van der Waals surface area contributed by atoms with Gasteiger partial charge in [-0.2, -0.15) is 9.89 Å². The smallest absolute Gasteiger partial charge is 0.335 e. The van der Waals surface area contributed by atoms with Crippen molar-refractivity contribution in [1.82, 2.24) is 19.6 Å². The van der Waals surface area contributed by atoms with Crippen LogP contribution in [0.1, 0.15) is 44.6 Å². The molecule has 0 saturated carbocycles. The van der Waals surface area contributed by atoms with Crippen molar-refractivity contribution in [2.24, 2.45) is 0 Å². The third kappa shape index (κ3) is 5.58. The summed E-state index contributed by atoms with van der Waals surface area (Å²) in [5.41, 5.74) is 6.54. The minimum Gasteiger partial charge on any atom is -0.506 e. The number of phenols is 1. The second-order valence-corrected chi connectivity index (χ2v) is 12.9. The number of halogens is 2. The maximum Gasteiger partial charge on any atom is 0.335 e. The molecule has 11 heteroatoms. The summed E-state index contributed by atoms with van der Waals surface area (Å²) in [5.74, 6) is 0.293. The van der Waals surface area contributed by atoms with Gasteiger partial charge in [0.25, 0.3) is 0 Å². The minimum absolute atomic E-state index is 0.0716. The van der Waals surface area contributed by atoms with E-state index in [2.05, 4.69) is 39.3 Å². The monoisotopic (exact) mass is 631 g/mol. The number of ether oxygens (including phenoxy) is 1. The van der Waals surface area contributed by atoms with Crippen molar-refractivity contribution in [2.75, 3.05) is 5.43 Å². The van der Waals surface area contributed by atoms with Crippen LogP contribution in [-0.2, 0) is 18.4 Å². The number of phenolic OH excluding ortho intramolecular Hbond substituents is 1. The van der Waals surface area contributed by atoms with Gasteiger partial charge in [-0.05, 0) is 48.9 Å². The molecule has 44 heavy (non-hydrogen) atoms. The number of carbonyl (C=O) groups excluding carboxylic acids is 1. The van der Waals surface area contributed by atoms with Crippen LogP contribution >= 0.6 is 22.9 Å². The van der Waals surface area contributed by atoms with Crippen LogP contribution in [0.5, 0.6) is 17.2 Å². The summed E-state index contributed by atoms with van der Waals surface area (Å²) in [5, 5.41) is 18.0. The topological polar surface area (TPSA) is 92.8 Å². The van der Waals surface area contributed by atoms with Gasteiger partial charge in [-0.15, -0.1) is 11.3 Å². The number of aryl methyl sites for hydroxylation is 1. The Kier molecular flexibility index (Phi) is 7.73. The summed E-state index contributed by atoms with van der Waals surface area (Å²) in [4.78, 5) is 15.4. The molecule has 0 saturated heterocycles. The molecule has 0 fully saturated rings. The highest BCUT2D eigenvalue weighted by Crippen LogP contribution is 2.40. The lowest BCUT2D eigenvalue weighted by atomic mass is 9.87. The van der Waals surface area contributed by atoms with Gasteiger partial charge in [0.05, 0.1) is 33.7 Å². The summed E-state index contributed by atoms with van der Waals surface area (Å²) < 4.78 is 24.4. The fraction of sp³-hybridized carbons (Fsp3) is 0.212. The molecule has 0 bridgehead atoms. The fourth-order valence-corrected chi connectivity index (χ4v) is 6.47. The van der Waals surface area contributed by atoms with Crippen molar-refractivity contribution in [3.05, 3.63) is 101 Å². The molecule has 0 radical (unpaired) electrons. The molecule has 3 heterocycles. The van der Waals surface area contributed by atoms with Crippen molar-refractivity contribution < 1.29 is 19.0 Å². The zero-order chi connectivity index (χ0) is 31.2. The maximum atomic E-state index is 15.0. The third-order valence-electron chi connectivity index (χ3n) is 7.32. The van der Waals surface area contributed by atoms with E-state index < -0.39 is 17.3 Å². The minimum atomic E-state index is -0.605. The lowest BCUT2D eigenvalue weighted by Crippen LogP contribution is -2.34. The van der Waals surface area contributed by atoms with Gasteiger partial charge in [-0.1, -0.05) is 57.5 Å². The van der Waals surface area contributed by atoms with Gasteiger partial charge in [-0.25, -0.2) is 14.6 Å². The van der Waals surface area contributed by atoms with Crippen LogP contribution in [0.25, 0.3) is 26.2 Å². The summed E-state index contributed by atoms with van der Waals surface area (Å²) in [6, 6.07) is 19.1. The molecule has 3 aromatic heterocycles. The highest BCUT2D eigenvalue weighted by molar-refractivity contribution is 7.24. The Bertz CT molecular complexity index is 2020. The van der Waals surface area contributed by atoms with Gasteiger partial charge < -0.3 is 19.6 Å². The van der Waals surface area contributed by atoms with Gasteiger partial charge in [0.15, 0.2) is 0 Å². The number of para-hydroxylation sites is 1. The molecular weight excluding hydrogens is 601 g/mol. The Morgan fingerprint density at radius 2 is 1.89 bits per heavy atom. The second kappa shape index (κ2) is 11.5. The maximum absolute atomic E-state index is 15.0. The van der Waals surface area contributed by atoms with Crippen molar-refractivity contribution in [1.29, 1.82) is 0 Å². The Morgan fingerprint density at radius 3 is 2.66 bits per heavy atom. The Hall–Kier alpha value is -4.54. The van der Waals surface area contributed by atoms with E-state index in [1.165, 1.54) is 16.6 Å². The molecule has 0 aliphatic rings. The number of benzene rings is 3. The fourth-order valence-electron chi connectivity index (χ4n) is 5.18. The average Bonchev–Trinajstić information content (AvgIpc) is 3.67. The number of aromatic hydroxyl groups is 1. The molecule has 3 aromatic carbocycles. The molecule has 8 nitrogen and oxygen atoms in total. The first kappa shape index (κ1) is 29.5. The predicted molar refractivity (Wildman–Crippen MR) is 173 cm³/mol. The molecule has 2 amide bonds. The van der Waals surface area contributed by atoms with Crippen LogP contribution in [0.3, 0.4) is 0 Å². The van der Waals surface area contributed by atoms with Crippen molar-refractivity contribution >= 4 is 44.0 Å². The predicted octanol–water partition coefficient (Wildman–Crippen LogP) is 8.62. The molecule has 0 aliphatic carbocycles. The molecule has 0 unspecified atom stereocenters. The van der Waals surface area contributed by atoms with E-state index in [0.29, 0.717) is 28.3 Å². The van der Waals surface area contributed by atoms with Crippen molar-refractivity contribution in [3.63, 3.8) is 0 Å². The number of hydrogen-bond donors (Lipinski definition) is 3. The number of nitrogens with one attached hydrogen (secondary N) is 2. The number of urea groups is 1. The number of thiazole rings is 1. The first-order valence-corrected chi connectivity index (χ1v) is 15.3. The third-order valence-corrected chi connectivity index (χ3v) is 8.70. The Morgan fingerprint density at radius 1 is 1.09 bits per heavy atom. The molecule has 3 N–H and O–H groups in total. The molecule has 6 aromatic rings. The number of aromatic nitrogens is 3. The number of carbonyl (C=O) groups is 1. The van der Waals surface area contributed by atoms with E-state index in [9.17, 15) is 9.90 Å². The van der Waals surface area contributed by atoms with E-state index in [4.69, 9.17) is 16.3 Å². The summed E-state index contributed by atoms with van der Waals surface area (Å²) in [6.07, 6.45) is 2.53. The van der Waals surface area contributed by atoms with E-state index in [1.54, 1.807) is 47.9 Å². The summed E-state index contributed by atoms with van der Waals surface area (Å²) in [6.45, 7) is 7.93. The first-order valence-electron chi connectivity index (χ1n) is 14.1. The lowest BCUT2D eigenvalue weighted by Gasteiger charge is -2.18. The number of fused-ring (bicyclic) bond motifs is 3. The van der Waals surface area contributed by atoms with Crippen LogP contribution in [0, 0.1) is 5.82 Å². The molecule has 0 atom stereocenters. The average molecular weight is 632 g/mol. The molecule has 0 aliphatic heterocycles. The van der Waals surface area contributed by atoms with Gasteiger partial charge >= 0.3 is 6.03 Å². The van der Waals surface area contributed by atoms with Crippen LogP contribution in [-0.4, -0.2) is 25.4 Å². The van der Waals surface area contributed by atoms with E-state index in [-0.39, 0.29) is 22.9 Å². The second-order valence-electron chi connectivity index (χ2n) is 11.4. The number of nitrogens with zero attached hydrogens (tertiary/aromatic N) is 3. The van der Waals surface area contributed by atoms with Crippen molar-refractivity contribution in [3.8, 4) is 28.4 Å². The van der Waals surface area contributed by atoms with Crippen LogP contribution < -0.4 is 15.5 Å². The van der Waals surface area contributed by atoms with Crippen LogP contribution in [0.4, 0.5) is 9.18 Å². The van der Waals surface area contributed by atoms with E-state index in [0.717, 1.165) is 21.5 Å². The van der Waals surface area contributed by atoms with Crippen LogP contribution in [0.2, 0.25) is 5.02 Å². The van der Waals surface area contributed by atoms with Gasteiger partial charge in [0.1, 0.15) is 27.9 Å². The first-order chi connectivity index (χ1) is 21.0. The number of amides is 2. The molecule has 0 spiro atoms. The largest absolute Gasteiger partial charge is 0.506 e. The normalized spacial score (nSPS) is 11.8. The highest BCUT2D eigenvalue weighted by Gasteiger charge is 2.26. The zero-order valence-electron chi connectivity index (χ0n) is 24.6. The lowest BCUT2D eigenvalue weighted by molar-refractivity contribution is 0.248. The number of hydrogen-bond acceptors (Lipinski definition) is 5. The van der Waals surface area contributed by atoms with Crippen molar-refractivity contribution in [2.45, 2.75) is 46.1 Å². The zero-order valence-corrected chi connectivity index (χ0v) is 26.2. The Balaban J connectivity index is 1.20. The van der Waals surface area contributed by atoms with Gasteiger partial charge in [0, 0.05) is 33.9 Å². The van der Waals surface area contributed by atoms with E-state index >= 15 is 4.39 Å². The summed E-state index contributed by atoms with van der Waals surface area (Å²) in [7, 11) is 0. The van der Waals surface area contributed by atoms with Gasteiger partial charge in [0.2, 0.25) is 0 Å². The Labute approximate surface area is 262 Å². The van der Waals surface area contributed by atoms with Crippen LogP contribution in [0.15, 0.2) is 72.9 Å². The molecular formula is C33H31ClFN5O3S. The quantitative estimate of drug-likeness (QED) is 0.164. The number of rotatable bonds is 7.